The van der Waals surface area contributed by atoms with E-state index in [0.29, 0.717) is 0 Å². The Morgan fingerprint density at radius 3 is 2.68 bits per heavy atom. The quantitative estimate of drug-likeness (QED) is 0.545. The highest BCUT2D eigenvalue weighted by molar-refractivity contribution is 5.54. The van der Waals surface area contributed by atoms with Crippen LogP contribution in [0.3, 0.4) is 0 Å². The standard InChI is InChI=1S/C19H20N6/c1-23-15-16(14-22-23)6-5-12-24-13-11-20-19(24)18-9-10-21-25(18)17-7-3-2-4-8-17/h2-4,7-11,13-15H,5-6,12H2,1H3. The van der Waals surface area contributed by atoms with E-state index in [9.17, 15) is 0 Å². The van der Waals surface area contributed by atoms with Crippen molar-refractivity contribution in [1.29, 1.82) is 0 Å². The van der Waals surface area contributed by atoms with E-state index in [-0.39, 0.29) is 0 Å². The van der Waals surface area contributed by atoms with Crippen LogP contribution in [0.25, 0.3) is 17.2 Å². The molecule has 6 nitrogen and oxygen atoms in total. The molecule has 0 atom stereocenters. The van der Waals surface area contributed by atoms with Crippen molar-refractivity contribution in [3.8, 4) is 17.2 Å². The molecular weight excluding hydrogens is 312 g/mol. The van der Waals surface area contributed by atoms with E-state index >= 15 is 0 Å². The van der Waals surface area contributed by atoms with Gasteiger partial charge in [-0.2, -0.15) is 10.2 Å². The van der Waals surface area contributed by atoms with Gasteiger partial charge in [-0.05, 0) is 36.6 Å². The van der Waals surface area contributed by atoms with E-state index in [4.69, 9.17) is 0 Å². The lowest BCUT2D eigenvalue weighted by Gasteiger charge is -2.10. The van der Waals surface area contributed by atoms with Gasteiger partial charge in [0.15, 0.2) is 5.82 Å². The van der Waals surface area contributed by atoms with Crippen LogP contribution in [0.1, 0.15) is 12.0 Å². The topological polar surface area (TPSA) is 53.5 Å². The average Bonchev–Trinajstić information content (AvgIpc) is 3.36. The molecule has 0 fully saturated rings. The SMILES string of the molecule is Cn1cc(CCCn2ccnc2-c2ccnn2-c2ccccc2)cn1. The van der Waals surface area contributed by atoms with Gasteiger partial charge in [0.25, 0.3) is 0 Å². The monoisotopic (exact) mass is 332 g/mol. The molecule has 0 radical (unpaired) electrons. The third kappa shape index (κ3) is 3.24. The zero-order valence-electron chi connectivity index (χ0n) is 14.2. The van der Waals surface area contributed by atoms with Crippen molar-refractivity contribution in [2.24, 2.45) is 7.05 Å². The van der Waals surface area contributed by atoms with Gasteiger partial charge in [-0.1, -0.05) is 18.2 Å². The second-order valence-electron chi connectivity index (χ2n) is 6.03. The summed E-state index contributed by atoms with van der Waals surface area (Å²) in [6.45, 7) is 0.907. The molecule has 126 valence electrons. The first-order valence-electron chi connectivity index (χ1n) is 8.40. The molecule has 0 unspecified atom stereocenters. The first-order valence-corrected chi connectivity index (χ1v) is 8.40. The molecule has 3 heterocycles. The smallest absolute Gasteiger partial charge is 0.158 e. The van der Waals surface area contributed by atoms with Crippen LogP contribution in [0.4, 0.5) is 0 Å². The average molecular weight is 332 g/mol. The maximum Gasteiger partial charge on any atom is 0.158 e. The third-order valence-corrected chi connectivity index (χ3v) is 4.21. The predicted molar refractivity (Wildman–Crippen MR) is 96.3 cm³/mol. The van der Waals surface area contributed by atoms with Gasteiger partial charge in [0.2, 0.25) is 0 Å². The van der Waals surface area contributed by atoms with Crippen LogP contribution < -0.4 is 0 Å². The minimum absolute atomic E-state index is 0.907. The van der Waals surface area contributed by atoms with Crippen molar-refractivity contribution in [2.75, 3.05) is 0 Å². The van der Waals surface area contributed by atoms with Gasteiger partial charge in [-0.25, -0.2) is 9.67 Å². The van der Waals surface area contributed by atoms with Crippen LogP contribution >= 0.6 is 0 Å². The number of rotatable bonds is 6. The van der Waals surface area contributed by atoms with Crippen molar-refractivity contribution in [1.82, 2.24) is 29.1 Å². The van der Waals surface area contributed by atoms with Gasteiger partial charge >= 0.3 is 0 Å². The minimum Gasteiger partial charge on any atom is -0.330 e. The van der Waals surface area contributed by atoms with Gasteiger partial charge in [-0.3, -0.25) is 4.68 Å². The molecule has 1 aromatic carbocycles. The summed E-state index contributed by atoms with van der Waals surface area (Å²) >= 11 is 0. The molecule has 0 spiro atoms. The highest BCUT2D eigenvalue weighted by atomic mass is 15.3. The predicted octanol–water partition coefficient (Wildman–Crippen LogP) is 3.10. The molecule has 0 aliphatic rings. The Bertz CT molecular complexity index is 947. The van der Waals surface area contributed by atoms with Gasteiger partial charge in [0.1, 0.15) is 5.69 Å². The zero-order valence-corrected chi connectivity index (χ0v) is 14.2. The molecule has 4 aromatic rings. The largest absolute Gasteiger partial charge is 0.330 e. The van der Waals surface area contributed by atoms with Crippen molar-refractivity contribution >= 4 is 0 Å². The number of para-hydroxylation sites is 1. The second-order valence-corrected chi connectivity index (χ2v) is 6.03. The van der Waals surface area contributed by atoms with Gasteiger partial charge < -0.3 is 4.57 Å². The summed E-state index contributed by atoms with van der Waals surface area (Å²) in [6, 6.07) is 12.1. The summed E-state index contributed by atoms with van der Waals surface area (Å²) in [7, 11) is 1.95. The summed E-state index contributed by atoms with van der Waals surface area (Å²) in [5, 5.41) is 8.69. The number of nitrogens with zero attached hydrogens (tertiary/aromatic N) is 6. The lowest BCUT2D eigenvalue weighted by Crippen LogP contribution is -2.05. The maximum absolute atomic E-state index is 4.56. The third-order valence-electron chi connectivity index (χ3n) is 4.21. The van der Waals surface area contributed by atoms with E-state index in [0.717, 1.165) is 36.6 Å². The van der Waals surface area contributed by atoms with Crippen LogP contribution in [-0.4, -0.2) is 29.1 Å². The first kappa shape index (κ1) is 15.4. The molecule has 6 heteroatoms. The van der Waals surface area contributed by atoms with Crippen LogP contribution in [0, 0.1) is 0 Å². The number of aryl methyl sites for hydroxylation is 3. The van der Waals surface area contributed by atoms with Gasteiger partial charge in [0, 0.05) is 32.2 Å². The highest BCUT2D eigenvalue weighted by Gasteiger charge is 2.12. The Labute approximate surface area is 146 Å². The Balaban J connectivity index is 1.53. The van der Waals surface area contributed by atoms with E-state index in [1.165, 1.54) is 5.56 Å². The number of aromatic nitrogens is 6. The number of benzene rings is 1. The summed E-state index contributed by atoms with van der Waals surface area (Å²) in [4.78, 5) is 4.56. The fourth-order valence-corrected chi connectivity index (χ4v) is 3.02. The normalized spacial score (nSPS) is 11.1. The zero-order chi connectivity index (χ0) is 17.1. The Kier molecular flexibility index (Phi) is 4.16. The second kappa shape index (κ2) is 6.76. The van der Waals surface area contributed by atoms with Crippen LogP contribution in [0.2, 0.25) is 0 Å². The first-order chi connectivity index (χ1) is 12.3. The Hall–Kier alpha value is -3.15. The summed E-state index contributed by atoms with van der Waals surface area (Å²) in [5.41, 5.74) is 3.29. The van der Waals surface area contributed by atoms with Crippen molar-refractivity contribution < 1.29 is 0 Å². The van der Waals surface area contributed by atoms with Crippen LogP contribution in [0.15, 0.2) is 67.4 Å². The fourth-order valence-electron chi connectivity index (χ4n) is 3.02. The molecule has 4 rings (SSSR count). The van der Waals surface area contributed by atoms with Crippen molar-refractivity contribution in [3.05, 3.63) is 72.9 Å². The van der Waals surface area contributed by atoms with E-state index < -0.39 is 0 Å². The molecule has 25 heavy (non-hydrogen) atoms. The number of imidazole rings is 1. The minimum atomic E-state index is 0.907. The Morgan fingerprint density at radius 1 is 1.00 bits per heavy atom. The molecule has 0 aliphatic heterocycles. The maximum atomic E-state index is 4.56. The van der Waals surface area contributed by atoms with Crippen LogP contribution in [0.5, 0.6) is 0 Å². The van der Waals surface area contributed by atoms with E-state index in [2.05, 4.69) is 25.9 Å². The summed E-state index contributed by atoms with van der Waals surface area (Å²) in [6.07, 6.45) is 11.7. The molecule has 0 bridgehead atoms. The molecule has 0 saturated heterocycles. The van der Waals surface area contributed by atoms with Crippen molar-refractivity contribution in [2.45, 2.75) is 19.4 Å². The van der Waals surface area contributed by atoms with Gasteiger partial charge in [0.05, 0.1) is 18.1 Å². The fraction of sp³-hybridized carbons (Fsp3) is 0.211. The highest BCUT2D eigenvalue weighted by Crippen LogP contribution is 2.21. The van der Waals surface area contributed by atoms with E-state index in [1.54, 1.807) is 0 Å². The van der Waals surface area contributed by atoms with Gasteiger partial charge in [-0.15, -0.1) is 0 Å². The van der Waals surface area contributed by atoms with Crippen molar-refractivity contribution in [3.63, 3.8) is 0 Å². The summed E-state index contributed by atoms with van der Waals surface area (Å²) in [5.74, 6) is 0.938. The van der Waals surface area contributed by atoms with Crippen LogP contribution in [-0.2, 0) is 20.0 Å². The molecule has 0 aliphatic carbocycles. The molecule has 0 N–H and O–H groups in total. The Morgan fingerprint density at radius 2 is 1.88 bits per heavy atom. The lowest BCUT2D eigenvalue weighted by atomic mass is 10.2. The summed E-state index contributed by atoms with van der Waals surface area (Å²) < 4.78 is 5.96. The molecular formula is C19H20N6. The molecule has 3 aromatic heterocycles. The van der Waals surface area contributed by atoms with E-state index in [1.807, 2.05) is 77.6 Å². The molecule has 0 amide bonds. The number of hydrogen-bond acceptors (Lipinski definition) is 3. The lowest BCUT2D eigenvalue weighted by molar-refractivity contribution is 0.644. The molecule has 0 saturated carbocycles. The number of hydrogen-bond donors (Lipinski definition) is 0.